The van der Waals surface area contributed by atoms with E-state index in [9.17, 15) is 28.8 Å². The number of nitrogens with one attached hydrogen (secondary N) is 1. The first-order valence-corrected chi connectivity index (χ1v) is 13.1. The van der Waals surface area contributed by atoms with Crippen molar-refractivity contribution >= 4 is 47.5 Å². The van der Waals surface area contributed by atoms with Gasteiger partial charge in [0.25, 0.3) is 11.8 Å². The van der Waals surface area contributed by atoms with E-state index >= 15 is 0 Å². The second kappa shape index (κ2) is 9.15. The zero-order valence-electron chi connectivity index (χ0n) is 22.0. The average molecular weight is 542 g/mol. The van der Waals surface area contributed by atoms with Gasteiger partial charge in [-0.2, -0.15) is 0 Å². The van der Waals surface area contributed by atoms with Crippen LogP contribution in [0.15, 0.2) is 54.1 Å². The zero-order valence-corrected chi connectivity index (χ0v) is 22.0. The Labute approximate surface area is 230 Å². The van der Waals surface area contributed by atoms with Crippen molar-refractivity contribution in [1.29, 1.82) is 0 Å². The number of amides is 8. The fourth-order valence-electron chi connectivity index (χ4n) is 6.40. The molecule has 0 aliphatic carbocycles. The maximum absolute atomic E-state index is 13.6. The van der Waals surface area contributed by atoms with Gasteiger partial charge in [-0.3, -0.25) is 39.2 Å². The van der Waals surface area contributed by atoms with E-state index < -0.39 is 41.1 Å². The van der Waals surface area contributed by atoms with Crippen LogP contribution in [0.3, 0.4) is 0 Å². The molecule has 1 N–H and O–H groups in total. The van der Waals surface area contributed by atoms with E-state index in [1.807, 2.05) is 12.1 Å². The van der Waals surface area contributed by atoms with Crippen molar-refractivity contribution in [3.8, 4) is 0 Å². The minimum absolute atomic E-state index is 0.00314. The number of benzene rings is 2. The summed E-state index contributed by atoms with van der Waals surface area (Å²) in [6.07, 6.45) is 2.93. The third kappa shape index (κ3) is 3.64. The molecule has 0 unspecified atom stereocenters. The van der Waals surface area contributed by atoms with Gasteiger partial charge in [0.1, 0.15) is 5.57 Å². The monoisotopic (exact) mass is 541 g/mol. The quantitative estimate of drug-likeness (QED) is 0.357. The van der Waals surface area contributed by atoms with Gasteiger partial charge in [-0.25, -0.2) is 9.59 Å². The van der Waals surface area contributed by atoms with E-state index in [0.717, 1.165) is 32.4 Å². The number of urea groups is 2. The van der Waals surface area contributed by atoms with Crippen molar-refractivity contribution < 1.29 is 28.8 Å². The smallest absolute Gasteiger partial charge is 0.332 e. The molecule has 2 aromatic rings. The Balaban J connectivity index is 1.37. The van der Waals surface area contributed by atoms with E-state index in [1.165, 1.54) is 20.2 Å². The normalized spacial score (nSPS) is 23.2. The summed E-state index contributed by atoms with van der Waals surface area (Å²) in [5.74, 6) is -2.56. The van der Waals surface area contributed by atoms with Gasteiger partial charge in [-0.05, 0) is 54.2 Å². The van der Waals surface area contributed by atoms with Gasteiger partial charge in [0, 0.05) is 26.3 Å². The number of nitrogens with zero attached hydrogens (tertiary/aromatic N) is 4. The Morgan fingerprint density at radius 2 is 1.65 bits per heavy atom. The summed E-state index contributed by atoms with van der Waals surface area (Å²) in [5, 5.41) is 2.23. The van der Waals surface area contributed by atoms with Crippen molar-refractivity contribution in [2.45, 2.75) is 31.8 Å². The highest BCUT2D eigenvalue weighted by atomic mass is 16.2. The zero-order chi connectivity index (χ0) is 28.3. The third-order valence-electron chi connectivity index (χ3n) is 8.33. The van der Waals surface area contributed by atoms with Crippen LogP contribution in [0.1, 0.15) is 29.5 Å². The van der Waals surface area contributed by atoms with Crippen molar-refractivity contribution in [3.05, 3.63) is 70.8 Å². The Morgan fingerprint density at radius 1 is 0.950 bits per heavy atom. The Hall–Kier alpha value is -4.80. The molecule has 1 spiro atoms. The highest BCUT2D eigenvalue weighted by molar-refractivity contribution is 6.31. The second-order valence-corrected chi connectivity index (χ2v) is 10.6. The number of carbonyl (C=O) groups is 6. The molecule has 6 rings (SSSR count). The van der Waals surface area contributed by atoms with Crippen LogP contribution in [0.5, 0.6) is 0 Å². The van der Waals surface area contributed by atoms with Gasteiger partial charge in [-0.1, -0.05) is 36.4 Å². The van der Waals surface area contributed by atoms with E-state index in [2.05, 4.69) is 10.2 Å². The summed E-state index contributed by atoms with van der Waals surface area (Å²) in [5.41, 5.74) is 1.16. The first kappa shape index (κ1) is 25.5. The molecule has 0 aromatic heterocycles. The number of rotatable bonds is 3. The lowest BCUT2D eigenvalue weighted by Crippen LogP contribution is -2.70. The van der Waals surface area contributed by atoms with Crippen LogP contribution in [0, 0.1) is 5.41 Å². The molecule has 11 heteroatoms. The fraction of sp³-hybridized carbons (Fsp3) is 0.310. The number of anilines is 1. The van der Waals surface area contributed by atoms with Gasteiger partial charge in [0.2, 0.25) is 11.8 Å². The molecule has 3 fully saturated rings. The van der Waals surface area contributed by atoms with Crippen molar-refractivity contribution in [2.75, 3.05) is 25.5 Å². The number of barbiturate groups is 2. The first-order valence-electron chi connectivity index (χ1n) is 13.1. The number of fused-ring (bicyclic) bond motifs is 4. The highest BCUT2D eigenvalue weighted by Crippen LogP contribution is 2.49. The van der Waals surface area contributed by atoms with E-state index in [4.69, 9.17) is 0 Å². The van der Waals surface area contributed by atoms with Crippen LogP contribution in [0.4, 0.5) is 15.3 Å². The van der Waals surface area contributed by atoms with E-state index in [1.54, 1.807) is 36.4 Å². The summed E-state index contributed by atoms with van der Waals surface area (Å²) in [6, 6.07) is 12.5. The van der Waals surface area contributed by atoms with Crippen molar-refractivity contribution in [2.24, 2.45) is 5.41 Å². The second-order valence-electron chi connectivity index (χ2n) is 10.6. The van der Waals surface area contributed by atoms with Crippen LogP contribution < -0.4 is 10.2 Å². The van der Waals surface area contributed by atoms with Gasteiger partial charge in [0.15, 0.2) is 5.41 Å². The Kier molecular flexibility index (Phi) is 5.83. The van der Waals surface area contributed by atoms with E-state index in [0.29, 0.717) is 24.1 Å². The lowest BCUT2D eigenvalue weighted by Gasteiger charge is -2.50. The average Bonchev–Trinajstić information content (AvgIpc) is 3.45. The van der Waals surface area contributed by atoms with Crippen LogP contribution >= 0.6 is 0 Å². The lowest BCUT2D eigenvalue weighted by molar-refractivity contribution is -0.159. The minimum atomic E-state index is -1.45. The highest BCUT2D eigenvalue weighted by Gasteiger charge is 2.63. The van der Waals surface area contributed by atoms with Crippen LogP contribution in [-0.2, 0) is 32.1 Å². The SMILES string of the molecule is CN1C(=O)N(C)C(=O)C2(Cc3cc(/C=C4\C(=O)NC(=O)N(Cc5ccccc5)C4=O)ccc3N3CCC[C@H]32)C1=O. The summed E-state index contributed by atoms with van der Waals surface area (Å²) in [7, 11) is 2.78. The van der Waals surface area contributed by atoms with Crippen LogP contribution in [0.2, 0.25) is 0 Å². The molecular formula is C29H27N5O6. The molecule has 4 aliphatic heterocycles. The van der Waals surface area contributed by atoms with Crippen LogP contribution in [0.25, 0.3) is 6.08 Å². The number of hydrogen-bond acceptors (Lipinski definition) is 7. The predicted octanol–water partition coefficient (Wildman–Crippen LogP) is 1.91. The molecule has 11 nitrogen and oxygen atoms in total. The Bertz CT molecular complexity index is 1510. The number of imide groups is 4. The molecule has 2 aromatic carbocycles. The van der Waals surface area contributed by atoms with Crippen molar-refractivity contribution in [3.63, 3.8) is 0 Å². The lowest BCUT2D eigenvalue weighted by atomic mass is 9.68. The van der Waals surface area contributed by atoms with Crippen LogP contribution in [-0.4, -0.2) is 77.1 Å². The molecule has 4 heterocycles. The largest absolute Gasteiger partial charge is 0.367 e. The fourth-order valence-corrected chi connectivity index (χ4v) is 6.40. The molecule has 204 valence electrons. The summed E-state index contributed by atoms with van der Waals surface area (Å²) >= 11 is 0. The molecule has 8 amide bonds. The molecule has 1 atom stereocenters. The Morgan fingerprint density at radius 3 is 2.35 bits per heavy atom. The van der Waals surface area contributed by atoms with Gasteiger partial charge >= 0.3 is 12.1 Å². The summed E-state index contributed by atoms with van der Waals surface area (Å²) < 4.78 is 0. The van der Waals surface area contributed by atoms with Gasteiger partial charge in [-0.15, -0.1) is 0 Å². The van der Waals surface area contributed by atoms with Gasteiger partial charge in [0.05, 0.1) is 12.6 Å². The summed E-state index contributed by atoms with van der Waals surface area (Å²) in [6.45, 7) is 0.655. The summed E-state index contributed by atoms with van der Waals surface area (Å²) in [4.78, 5) is 83.2. The molecule has 0 saturated carbocycles. The molecule has 40 heavy (non-hydrogen) atoms. The maximum atomic E-state index is 13.6. The van der Waals surface area contributed by atoms with E-state index in [-0.39, 0.29) is 24.6 Å². The van der Waals surface area contributed by atoms with Crippen molar-refractivity contribution in [1.82, 2.24) is 20.0 Å². The predicted molar refractivity (Wildman–Crippen MR) is 142 cm³/mol. The standard InChI is InChI=1S/C29H27N5O6/c1-31-25(37)29(26(38)32(2)28(31)40)15-19-13-18(10-11-21(19)33-12-6-9-22(29)33)14-20-23(35)30-27(39)34(24(20)36)16-17-7-4-3-5-8-17/h3-5,7-8,10-11,13-14,22H,6,9,12,15-16H2,1-2H3,(H,30,35,39)/b20-14+/t22-/m0/s1. The first-order chi connectivity index (χ1) is 19.1. The number of hydrogen-bond donors (Lipinski definition) is 1. The topological polar surface area (TPSA) is 127 Å². The molecule has 4 aliphatic rings. The molecule has 0 radical (unpaired) electrons. The minimum Gasteiger partial charge on any atom is -0.367 e. The molecular weight excluding hydrogens is 514 g/mol. The van der Waals surface area contributed by atoms with Gasteiger partial charge < -0.3 is 4.90 Å². The third-order valence-corrected chi connectivity index (χ3v) is 8.33. The molecule has 3 saturated heterocycles. The maximum Gasteiger partial charge on any atom is 0.332 e. The number of carbonyl (C=O) groups excluding carboxylic acids is 6. The molecule has 0 bridgehead atoms.